The van der Waals surface area contributed by atoms with Crippen LogP contribution in [0, 0.1) is 0 Å². The minimum atomic E-state index is -3.79. The third kappa shape index (κ3) is 3.11. The summed E-state index contributed by atoms with van der Waals surface area (Å²) in [6.45, 7) is 0. The van der Waals surface area contributed by atoms with Gasteiger partial charge >= 0.3 is 16.2 Å². The number of carboxylic acid groups (broad SMARTS) is 1. The summed E-state index contributed by atoms with van der Waals surface area (Å²) in [5.41, 5.74) is -0.436. The van der Waals surface area contributed by atoms with Gasteiger partial charge in [-0.25, -0.2) is 14.8 Å². The Hall–Kier alpha value is -1.74. The Morgan fingerprint density at radius 2 is 2.00 bits per heavy atom. The third-order valence-electron chi connectivity index (χ3n) is 2.03. The van der Waals surface area contributed by atoms with Gasteiger partial charge in [0, 0.05) is 18.4 Å². The molecule has 1 aromatic rings. The van der Waals surface area contributed by atoms with Crippen molar-refractivity contribution in [3.63, 3.8) is 0 Å². The van der Waals surface area contributed by atoms with E-state index in [0.29, 0.717) is 0 Å². The van der Waals surface area contributed by atoms with Crippen LogP contribution < -0.4 is 9.44 Å². The van der Waals surface area contributed by atoms with E-state index in [-0.39, 0.29) is 11.9 Å². The van der Waals surface area contributed by atoms with Crippen molar-refractivity contribution in [2.75, 3.05) is 4.72 Å². The van der Waals surface area contributed by atoms with Crippen LogP contribution in [0.4, 0.5) is 5.82 Å². The highest BCUT2D eigenvalue weighted by Gasteiger charge is 2.28. The van der Waals surface area contributed by atoms with E-state index >= 15 is 0 Å². The Bertz CT molecular complexity index is 540. The van der Waals surface area contributed by atoms with Gasteiger partial charge in [0.05, 0.1) is 0 Å². The molecule has 17 heavy (non-hydrogen) atoms. The number of hydrogen-bond acceptors (Lipinski definition) is 5. The molecule has 2 rings (SSSR count). The molecule has 0 aliphatic heterocycles. The second-order valence-corrected chi connectivity index (χ2v) is 5.00. The third-order valence-corrected chi connectivity index (χ3v) is 3.14. The van der Waals surface area contributed by atoms with Gasteiger partial charge in [0.2, 0.25) is 0 Å². The predicted octanol–water partition coefficient (Wildman–Crippen LogP) is -0.417. The van der Waals surface area contributed by atoms with Crippen molar-refractivity contribution in [2.45, 2.75) is 18.9 Å². The summed E-state index contributed by atoms with van der Waals surface area (Å²) in [4.78, 5) is 18.0. The Morgan fingerprint density at radius 1 is 1.35 bits per heavy atom. The molecule has 3 N–H and O–H groups in total. The number of rotatable bonds is 5. The molecule has 1 saturated carbocycles. The van der Waals surface area contributed by atoms with Crippen molar-refractivity contribution >= 4 is 22.0 Å². The maximum atomic E-state index is 11.5. The Balaban J connectivity index is 2.20. The number of carbonyl (C=O) groups is 1. The Kier molecular flexibility index (Phi) is 2.94. The molecular formula is C8H10N4O4S. The molecule has 0 atom stereocenters. The van der Waals surface area contributed by atoms with E-state index in [9.17, 15) is 13.2 Å². The summed E-state index contributed by atoms with van der Waals surface area (Å²) in [5.74, 6) is -1.64. The SMILES string of the molecule is O=C(O)c1nccnc1NS(=O)(=O)NC1CC1. The van der Waals surface area contributed by atoms with E-state index < -0.39 is 21.9 Å². The fourth-order valence-corrected chi connectivity index (χ4v) is 2.28. The lowest BCUT2D eigenvalue weighted by Crippen LogP contribution is -2.32. The van der Waals surface area contributed by atoms with Crippen LogP contribution in [-0.4, -0.2) is 35.5 Å². The average molecular weight is 258 g/mol. The highest BCUT2D eigenvalue weighted by Crippen LogP contribution is 2.20. The van der Waals surface area contributed by atoms with Gasteiger partial charge in [-0.1, -0.05) is 0 Å². The van der Waals surface area contributed by atoms with Crippen LogP contribution in [0.2, 0.25) is 0 Å². The summed E-state index contributed by atoms with van der Waals surface area (Å²) in [7, 11) is -3.79. The van der Waals surface area contributed by atoms with Crippen LogP contribution in [0.5, 0.6) is 0 Å². The highest BCUT2D eigenvalue weighted by molar-refractivity contribution is 7.90. The van der Waals surface area contributed by atoms with Gasteiger partial charge in [-0.2, -0.15) is 13.1 Å². The lowest BCUT2D eigenvalue weighted by Gasteiger charge is -2.08. The van der Waals surface area contributed by atoms with Gasteiger partial charge in [-0.05, 0) is 12.8 Å². The van der Waals surface area contributed by atoms with Crippen LogP contribution in [-0.2, 0) is 10.2 Å². The Labute approximate surface area is 97.3 Å². The quantitative estimate of drug-likeness (QED) is 0.659. The van der Waals surface area contributed by atoms with E-state index in [1.165, 1.54) is 12.4 Å². The van der Waals surface area contributed by atoms with Gasteiger partial charge in [-0.3, -0.25) is 4.72 Å². The number of aromatic carboxylic acids is 1. The standard InChI is InChI=1S/C8H10N4O4S/c13-8(14)6-7(10-4-3-9-6)12-17(15,16)11-5-1-2-5/h3-5,11H,1-2H2,(H,10,12)(H,13,14). The zero-order valence-corrected chi connectivity index (χ0v) is 9.44. The average Bonchev–Trinajstić information content (AvgIpc) is 3.00. The van der Waals surface area contributed by atoms with Crippen molar-refractivity contribution < 1.29 is 18.3 Å². The maximum absolute atomic E-state index is 11.5. The first-order valence-electron chi connectivity index (χ1n) is 4.82. The van der Waals surface area contributed by atoms with Gasteiger partial charge < -0.3 is 5.11 Å². The number of aromatic nitrogens is 2. The molecule has 0 spiro atoms. The van der Waals surface area contributed by atoms with E-state index in [0.717, 1.165) is 12.8 Å². The van der Waals surface area contributed by atoms with Gasteiger partial charge in [0.25, 0.3) is 0 Å². The molecule has 1 fully saturated rings. The summed E-state index contributed by atoms with van der Waals surface area (Å²) in [6.07, 6.45) is 3.96. The molecule has 0 unspecified atom stereocenters. The number of nitrogens with one attached hydrogen (secondary N) is 2. The summed E-state index contributed by atoms with van der Waals surface area (Å²) in [6, 6.07) is -0.0718. The lowest BCUT2D eigenvalue weighted by atomic mass is 10.4. The van der Waals surface area contributed by atoms with Gasteiger partial charge in [-0.15, -0.1) is 0 Å². The van der Waals surface area contributed by atoms with E-state index in [1.807, 2.05) is 4.72 Å². The second-order valence-electron chi connectivity index (χ2n) is 3.56. The van der Waals surface area contributed by atoms with Crippen molar-refractivity contribution in [1.82, 2.24) is 14.7 Å². The zero-order valence-electron chi connectivity index (χ0n) is 8.62. The van der Waals surface area contributed by atoms with Crippen molar-refractivity contribution in [1.29, 1.82) is 0 Å². The predicted molar refractivity (Wildman–Crippen MR) is 57.7 cm³/mol. The number of anilines is 1. The molecule has 1 heterocycles. The molecule has 1 aliphatic carbocycles. The lowest BCUT2D eigenvalue weighted by molar-refractivity contribution is 0.0691. The fourth-order valence-electron chi connectivity index (χ4n) is 1.15. The molecule has 0 bridgehead atoms. The van der Waals surface area contributed by atoms with Crippen LogP contribution in [0.15, 0.2) is 12.4 Å². The van der Waals surface area contributed by atoms with Crippen LogP contribution in [0.3, 0.4) is 0 Å². The summed E-state index contributed by atoms with van der Waals surface area (Å²) >= 11 is 0. The molecule has 8 nitrogen and oxygen atoms in total. The first-order valence-corrected chi connectivity index (χ1v) is 6.30. The zero-order chi connectivity index (χ0) is 12.5. The Morgan fingerprint density at radius 3 is 2.59 bits per heavy atom. The fraction of sp³-hybridized carbons (Fsp3) is 0.375. The second kappa shape index (κ2) is 4.26. The molecular weight excluding hydrogens is 248 g/mol. The van der Waals surface area contributed by atoms with Gasteiger partial charge in [0.15, 0.2) is 11.5 Å². The minimum absolute atomic E-state index is 0.0718. The molecule has 0 aromatic carbocycles. The molecule has 92 valence electrons. The van der Waals surface area contributed by atoms with Crippen molar-refractivity contribution in [3.05, 3.63) is 18.1 Å². The molecule has 1 aliphatic rings. The molecule has 0 radical (unpaired) electrons. The van der Waals surface area contributed by atoms with Gasteiger partial charge in [0.1, 0.15) is 0 Å². The smallest absolute Gasteiger partial charge is 0.358 e. The molecule has 0 amide bonds. The minimum Gasteiger partial charge on any atom is -0.476 e. The summed E-state index contributed by atoms with van der Waals surface area (Å²) < 4.78 is 27.5. The number of nitrogens with zero attached hydrogens (tertiary/aromatic N) is 2. The first-order chi connectivity index (χ1) is 7.98. The maximum Gasteiger partial charge on any atom is 0.358 e. The number of carboxylic acids is 1. The van der Waals surface area contributed by atoms with Crippen LogP contribution in [0.1, 0.15) is 23.3 Å². The highest BCUT2D eigenvalue weighted by atomic mass is 32.2. The molecule has 1 aromatic heterocycles. The largest absolute Gasteiger partial charge is 0.476 e. The molecule has 0 saturated heterocycles. The first kappa shape index (κ1) is 11.7. The summed E-state index contributed by atoms with van der Waals surface area (Å²) in [5, 5.41) is 8.80. The van der Waals surface area contributed by atoms with Crippen LogP contribution in [0.25, 0.3) is 0 Å². The topological polar surface area (TPSA) is 121 Å². The number of hydrogen-bond donors (Lipinski definition) is 3. The van der Waals surface area contributed by atoms with E-state index in [2.05, 4.69) is 14.7 Å². The van der Waals surface area contributed by atoms with Crippen LogP contribution >= 0.6 is 0 Å². The monoisotopic (exact) mass is 258 g/mol. The van der Waals surface area contributed by atoms with Crippen molar-refractivity contribution in [3.8, 4) is 0 Å². The van der Waals surface area contributed by atoms with E-state index in [1.54, 1.807) is 0 Å². The van der Waals surface area contributed by atoms with Crippen molar-refractivity contribution in [2.24, 2.45) is 0 Å². The molecule has 9 heteroatoms. The van der Waals surface area contributed by atoms with E-state index in [4.69, 9.17) is 5.11 Å². The normalized spacial score (nSPS) is 15.5.